The van der Waals surface area contributed by atoms with Crippen LogP contribution in [0.25, 0.3) is 0 Å². The average molecular weight is 461 g/mol. The highest BCUT2D eigenvalue weighted by molar-refractivity contribution is 5.02. The van der Waals surface area contributed by atoms with Gasteiger partial charge in [-0.25, -0.2) is 0 Å². The first-order valence-electron chi connectivity index (χ1n) is 14.3. The van der Waals surface area contributed by atoms with Crippen molar-refractivity contribution in [3.8, 4) is 0 Å². The van der Waals surface area contributed by atoms with Crippen molar-refractivity contribution < 1.29 is 0 Å². The normalized spacial score (nSPS) is 38.5. The lowest BCUT2D eigenvalue weighted by atomic mass is 10.0. The SMILES string of the molecule is CC(C)(C)N1C2CCC1CC2.CC(C)(C)N1CC2CC1CN2.CC(C)(C)N1CC2CCC1C2. The summed E-state index contributed by atoms with van der Waals surface area (Å²) in [5, 5.41) is 3.52. The van der Waals surface area contributed by atoms with Crippen LogP contribution in [0.5, 0.6) is 0 Å². The van der Waals surface area contributed by atoms with E-state index in [2.05, 4.69) is 82.3 Å². The van der Waals surface area contributed by atoms with Crippen LogP contribution in [0.2, 0.25) is 0 Å². The molecule has 1 N–H and O–H groups in total. The van der Waals surface area contributed by atoms with Crippen molar-refractivity contribution in [2.45, 2.75) is 161 Å². The third kappa shape index (κ3) is 5.81. The maximum atomic E-state index is 3.52. The largest absolute Gasteiger partial charge is 0.311 e. The predicted octanol–water partition coefficient (Wildman–Crippen LogP) is 5.51. The van der Waals surface area contributed by atoms with Gasteiger partial charge >= 0.3 is 0 Å². The molecule has 6 fully saturated rings. The molecule has 6 rings (SSSR count). The molecule has 5 aliphatic heterocycles. The van der Waals surface area contributed by atoms with Crippen molar-refractivity contribution in [2.75, 3.05) is 19.6 Å². The third-order valence-electron chi connectivity index (χ3n) is 9.42. The number of fused-ring (bicyclic) bond motifs is 6. The first kappa shape index (κ1) is 25.9. The molecule has 1 saturated carbocycles. The number of hydrogen-bond donors (Lipinski definition) is 1. The molecule has 5 heterocycles. The number of nitrogens with one attached hydrogen (secondary N) is 1. The second kappa shape index (κ2) is 9.37. The van der Waals surface area contributed by atoms with Crippen LogP contribution in [-0.2, 0) is 0 Å². The molecule has 0 aromatic rings. The standard InChI is InChI=1S/2C10H19N.C9H18N2/c1-10(2,3)11-7-8-4-5-9(11)6-8;1-10(2,3)11-8-4-5-9(11)7-6-8;1-9(2,3)11-6-7-4-8(11)5-10-7/h2*8-9H,4-7H2,1-3H3;7-8,10H,4-6H2,1-3H3. The van der Waals surface area contributed by atoms with Crippen LogP contribution in [-0.4, -0.2) is 81.2 Å². The van der Waals surface area contributed by atoms with E-state index in [9.17, 15) is 0 Å². The zero-order valence-corrected chi connectivity index (χ0v) is 23.6. The van der Waals surface area contributed by atoms with Crippen LogP contribution in [0.4, 0.5) is 0 Å². The summed E-state index contributed by atoms with van der Waals surface area (Å²) in [5.41, 5.74) is 1.21. The van der Waals surface area contributed by atoms with Gasteiger partial charge < -0.3 is 5.32 Å². The summed E-state index contributed by atoms with van der Waals surface area (Å²) >= 11 is 0. The van der Waals surface area contributed by atoms with E-state index in [4.69, 9.17) is 0 Å². The highest BCUT2D eigenvalue weighted by Gasteiger charge is 2.45. The Bertz CT molecular complexity index is 596. The summed E-state index contributed by atoms with van der Waals surface area (Å²) in [6.07, 6.45) is 11.7. The zero-order valence-electron chi connectivity index (χ0n) is 23.6. The van der Waals surface area contributed by atoms with Crippen LogP contribution >= 0.6 is 0 Å². The second-order valence-electron chi connectivity index (χ2n) is 15.0. The van der Waals surface area contributed by atoms with E-state index in [1.165, 1.54) is 71.0 Å². The van der Waals surface area contributed by atoms with Crippen molar-refractivity contribution >= 4 is 0 Å². The summed E-state index contributed by atoms with van der Waals surface area (Å²) < 4.78 is 0. The smallest absolute Gasteiger partial charge is 0.0241 e. The van der Waals surface area contributed by atoms with Crippen molar-refractivity contribution in [3.63, 3.8) is 0 Å². The van der Waals surface area contributed by atoms with Gasteiger partial charge in [0.15, 0.2) is 0 Å². The highest BCUT2D eigenvalue weighted by atomic mass is 15.3. The van der Waals surface area contributed by atoms with E-state index in [1.807, 2.05) is 0 Å². The maximum absolute atomic E-state index is 3.52. The fraction of sp³-hybridized carbons (Fsp3) is 1.00. The Morgan fingerprint density at radius 1 is 0.545 bits per heavy atom. The number of piperazine rings is 1. The molecular formula is C29H56N4. The van der Waals surface area contributed by atoms with Gasteiger partial charge in [0.25, 0.3) is 0 Å². The summed E-state index contributed by atoms with van der Waals surface area (Å²) in [7, 11) is 0. The summed E-state index contributed by atoms with van der Waals surface area (Å²) in [6.45, 7) is 24.9. The van der Waals surface area contributed by atoms with Crippen LogP contribution in [0.3, 0.4) is 0 Å². The van der Waals surface area contributed by atoms with Gasteiger partial charge in [0.2, 0.25) is 0 Å². The molecule has 5 saturated heterocycles. The Hall–Kier alpha value is -0.160. The Balaban J connectivity index is 0.000000118. The summed E-state index contributed by atoms with van der Waals surface area (Å²) in [5.74, 6) is 1.04. The third-order valence-corrected chi connectivity index (χ3v) is 9.42. The molecule has 4 atom stereocenters. The number of rotatable bonds is 0. The quantitative estimate of drug-likeness (QED) is 0.514. The number of hydrogen-bond acceptors (Lipinski definition) is 4. The minimum Gasteiger partial charge on any atom is -0.311 e. The molecule has 0 aromatic heterocycles. The van der Waals surface area contributed by atoms with Gasteiger partial charge in [-0.15, -0.1) is 0 Å². The number of likely N-dealkylation sites (tertiary alicyclic amines) is 2. The first-order chi connectivity index (χ1) is 15.2. The molecule has 0 spiro atoms. The van der Waals surface area contributed by atoms with E-state index in [0.717, 1.165) is 36.1 Å². The molecule has 0 amide bonds. The molecule has 0 radical (unpaired) electrons. The van der Waals surface area contributed by atoms with Crippen LogP contribution in [0.1, 0.15) is 114 Å². The van der Waals surface area contributed by atoms with E-state index < -0.39 is 0 Å². The Labute approximate surface area is 206 Å². The second-order valence-corrected chi connectivity index (χ2v) is 15.0. The average Bonchev–Trinajstić information content (AvgIpc) is 3.54. The van der Waals surface area contributed by atoms with Gasteiger partial charge in [-0.05, 0) is 120 Å². The van der Waals surface area contributed by atoms with Crippen LogP contribution in [0, 0.1) is 5.92 Å². The molecule has 6 bridgehead atoms. The number of piperidine rings is 1. The Kier molecular flexibility index (Phi) is 7.36. The van der Waals surface area contributed by atoms with Crippen LogP contribution < -0.4 is 5.32 Å². The topological polar surface area (TPSA) is 21.8 Å². The lowest BCUT2D eigenvalue weighted by Crippen LogP contribution is -2.52. The van der Waals surface area contributed by atoms with Gasteiger partial charge in [0.05, 0.1) is 0 Å². The first-order valence-corrected chi connectivity index (χ1v) is 14.3. The minimum absolute atomic E-state index is 0.377. The van der Waals surface area contributed by atoms with Crippen molar-refractivity contribution in [2.24, 2.45) is 5.92 Å². The molecule has 4 unspecified atom stereocenters. The molecule has 4 nitrogen and oxygen atoms in total. The van der Waals surface area contributed by atoms with E-state index in [0.29, 0.717) is 16.6 Å². The van der Waals surface area contributed by atoms with Crippen LogP contribution in [0.15, 0.2) is 0 Å². The van der Waals surface area contributed by atoms with Gasteiger partial charge in [-0.2, -0.15) is 0 Å². The van der Waals surface area contributed by atoms with Gasteiger partial charge in [0, 0.05) is 66.5 Å². The summed E-state index contributed by atoms with van der Waals surface area (Å²) in [6, 6.07) is 4.40. The molecule has 0 aromatic carbocycles. The van der Waals surface area contributed by atoms with Gasteiger partial charge in [0.1, 0.15) is 0 Å². The predicted molar refractivity (Wildman–Crippen MR) is 142 cm³/mol. The lowest BCUT2D eigenvalue weighted by molar-refractivity contribution is 0.0973. The minimum atomic E-state index is 0.377. The van der Waals surface area contributed by atoms with Crippen molar-refractivity contribution in [1.29, 1.82) is 0 Å². The lowest BCUT2D eigenvalue weighted by Gasteiger charge is -2.38. The van der Waals surface area contributed by atoms with E-state index in [-0.39, 0.29) is 0 Å². The summed E-state index contributed by atoms with van der Waals surface area (Å²) in [4.78, 5) is 8.07. The fourth-order valence-electron chi connectivity index (χ4n) is 8.14. The Morgan fingerprint density at radius 2 is 1.06 bits per heavy atom. The van der Waals surface area contributed by atoms with Crippen molar-refractivity contribution in [3.05, 3.63) is 0 Å². The molecular weight excluding hydrogens is 404 g/mol. The highest BCUT2D eigenvalue weighted by Crippen LogP contribution is 2.42. The number of nitrogens with zero attached hydrogens (tertiary/aromatic N) is 3. The maximum Gasteiger partial charge on any atom is 0.0241 e. The Morgan fingerprint density at radius 3 is 1.30 bits per heavy atom. The van der Waals surface area contributed by atoms with Gasteiger partial charge in [-0.3, -0.25) is 14.7 Å². The van der Waals surface area contributed by atoms with Gasteiger partial charge in [-0.1, -0.05) is 0 Å². The van der Waals surface area contributed by atoms with Crippen molar-refractivity contribution in [1.82, 2.24) is 20.0 Å². The van der Waals surface area contributed by atoms with E-state index in [1.54, 1.807) is 0 Å². The zero-order chi connectivity index (χ0) is 24.2. The molecule has 33 heavy (non-hydrogen) atoms. The molecule has 4 heteroatoms. The molecule has 192 valence electrons. The fourth-order valence-corrected chi connectivity index (χ4v) is 8.14. The molecule has 6 aliphatic rings. The monoisotopic (exact) mass is 460 g/mol. The molecule has 1 aliphatic carbocycles. The van der Waals surface area contributed by atoms with E-state index >= 15 is 0 Å².